The molecule has 0 saturated carbocycles. The molecule has 0 spiro atoms. The third-order valence-corrected chi connectivity index (χ3v) is 6.05. The summed E-state index contributed by atoms with van der Waals surface area (Å²) in [5.74, 6) is 1.73. The summed E-state index contributed by atoms with van der Waals surface area (Å²) >= 11 is 0. The number of nitrogens with zero attached hydrogens (tertiary/aromatic N) is 2. The molecular weight excluding hydrogens is 352 g/mol. The van der Waals surface area contributed by atoms with E-state index >= 15 is 0 Å². The van der Waals surface area contributed by atoms with Crippen molar-refractivity contribution in [3.63, 3.8) is 0 Å². The molecular formula is C23H30N2O3. The normalized spacial score (nSPS) is 22.6. The van der Waals surface area contributed by atoms with Gasteiger partial charge in [-0.05, 0) is 50.3 Å². The van der Waals surface area contributed by atoms with E-state index in [0.29, 0.717) is 25.0 Å². The summed E-state index contributed by atoms with van der Waals surface area (Å²) in [6.07, 6.45) is 0.603. The smallest absolute Gasteiger partial charge is 0.250 e. The second kappa shape index (κ2) is 7.72. The predicted molar refractivity (Wildman–Crippen MR) is 110 cm³/mol. The highest BCUT2D eigenvalue weighted by atomic mass is 16.5. The molecule has 0 aliphatic carbocycles. The van der Waals surface area contributed by atoms with E-state index in [1.165, 1.54) is 5.56 Å². The Morgan fingerprint density at radius 2 is 1.89 bits per heavy atom. The van der Waals surface area contributed by atoms with Crippen molar-refractivity contribution in [2.75, 3.05) is 26.2 Å². The first kappa shape index (κ1) is 19.2. The number of fused-ring (bicyclic) bond motifs is 4. The van der Waals surface area contributed by atoms with Crippen LogP contribution in [0.25, 0.3) is 0 Å². The zero-order valence-electron chi connectivity index (χ0n) is 17.0. The van der Waals surface area contributed by atoms with Gasteiger partial charge in [-0.15, -0.1) is 0 Å². The van der Waals surface area contributed by atoms with Gasteiger partial charge in [0.1, 0.15) is 18.5 Å². The van der Waals surface area contributed by atoms with Crippen LogP contribution >= 0.6 is 0 Å². The van der Waals surface area contributed by atoms with Crippen LogP contribution in [0.1, 0.15) is 34.7 Å². The van der Waals surface area contributed by atoms with Gasteiger partial charge >= 0.3 is 0 Å². The van der Waals surface area contributed by atoms with Crippen molar-refractivity contribution in [2.45, 2.75) is 45.8 Å². The number of aromatic nitrogens is 1. The first-order valence-corrected chi connectivity index (χ1v) is 10.2. The average molecular weight is 383 g/mol. The number of rotatable bonds is 5. The van der Waals surface area contributed by atoms with Crippen molar-refractivity contribution in [1.82, 2.24) is 9.47 Å². The minimum atomic E-state index is -0.531. The highest BCUT2D eigenvalue weighted by Gasteiger charge is 2.34. The molecule has 4 rings (SSSR count). The summed E-state index contributed by atoms with van der Waals surface area (Å²) in [4.78, 5) is 14.5. The minimum Gasteiger partial charge on any atom is -0.490 e. The van der Waals surface area contributed by atoms with Gasteiger partial charge in [0, 0.05) is 43.9 Å². The number of hydrogen-bond acceptors (Lipinski definition) is 4. The van der Waals surface area contributed by atoms with Crippen LogP contribution in [0.3, 0.4) is 0 Å². The fourth-order valence-electron chi connectivity index (χ4n) is 5.07. The van der Waals surface area contributed by atoms with E-state index in [4.69, 9.17) is 4.74 Å². The number of likely N-dealkylation sites (tertiary alicyclic amines) is 1. The van der Waals surface area contributed by atoms with Crippen molar-refractivity contribution >= 4 is 0 Å². The van der Waals surface area contributed by atoms with Gasteiger partial charge in [0.15, 0.2) is 0 Å². The lowest BCUT2D eigenvalue weighted by Gasteiger charge is -2.43. The Morgan fingerprint density at radius 1 is 1.14 bits per heavy atom. The maximum Gasteiger partial charge on any atom is 0.250 e. The van der Waals surface area contributed by atoms with Gasteiger partial charge in [-0.1, -0.05) is 23.8 Å². The van der Waals surface area contributed by atoms with Crippen LogP contribution in [0.5, 0.6) is 5.75 Å². The van der Waals surface area contributed by atoms with E-state index in [0.717, 1.165) is 48.6 Å². The molecule has 0 unspecified atom stereocenters. The van der Waals surface area contributed by atoms with Crippen molar-refractivity contribution in [1.29, 1.82) is 0 Å². The summed E-state index contributed by atoms with van der Waals surface area (Å²) in [5, 5.41) is 10.6. The van der Waals surface area contributed by atoms with Gasteiger partial charge in [-0.25, -0.2) is 0 Å². The monoisotopic (exact) mass is 382 g/mol. The molecule has 2 aromatic rings. The number of hydrogen-bond donors (Lipinski definition) is 1. The lowest BCUT2D eigenvalue weighted by atomic mass is 9.83. The largest absolute Gasteiger partial charge is 0.490 e. The summed E-state index contributed by atoms with van der Waals surface area (Å²) in [5.41, 5.74) is 4.70. The Bertz CT molecular complexity index is 897. The first-order valence-electron chi connectivity index (χ1n) is 10.2. The Labute approximate surface area is 166 Å². The molecule has 0 amide bonds. The summed E-state index contributed by atoms with van der Waals surface area (Å²) in [6.45, 7) is 9.69. The number of piperidine rings is 1. The van der Waals surface area contributed by atoms with Gasteiger partial charge < -0.3 is 14.4 Å². The molecule has 150 valence electrons. The number of aliphatic hydroxyl groups is 1. The number of benzene rings is 1. The van der Waals surface area contributed by atoms with Crippen LogP contribution in [0.4, 0.5) is 0 Å². The lowest BCUT2D eigenvalue weighted by Crippen LogP contribution is -2.49. The molecule has 1 aromatic heterocycles. The predicted octanol–water partition coefficient (Wildman–Crippen LogP) is 2.63. The number of pyridine rings is 1. The van der Waals surface area contributed by atoms with E-state index in [2.05, 4.69) is 30.0 Å². The van der Waals surface area contributed by atoms with Crippen LogP contribution < -0.4 is 10.3 Å². The molecule has 1 aromatic carbocycles. The molecule has 3 atom stereocenters. The van der Waals surface area contributed by atoms with Crippen LogP contribution in [-0.2, 0) is 6.54 Å². The molecule has 1 N–H and O–H groups in total. The Balaban J connectivity index is 1.37. The molecule has 2 bridgehead atoms. The zero-order chi connectivity index (χ0) is 19.8. The molecule has 5 heteroatoms. The van der Waals surface area contributed by atoms with Crippen molar-refractivity contribution in [3.8, 4) is 5.75 Å². The van der Waals surface area contributed by atoms with E-state index in [1.807, 2.05) is 24.5 Å². The maximum atomic E-state index is 12.1. The van der Waals surface area contributed by atoms with Crippen molar-refractivity contribution < 1.29 is 9.84 Å². The van der Waals surface area contributed by atoms with Crippen molar-refractivity contribution in [2.24, 2.45) is 5.92 Å². The number of aryl methyl sites for hydroxylation is 3. The van der Waals surface area contributed by atoms with Crippen LogP contribution in [0, 0.1) is 26.7 Å². The second-order valence-electron chi connectivity index (χ2n) is 8.61. The zero-order valence-corrected chi connectivity index (χ0v) is 17.0. The fraction of sp³-hybridized carbons (Fsp3) is 0.522. The second-order valence-corrected chi connectivity index (χ2v) is 8.61. The summed E-state index contributed by atoms with van der Waals surface area (Å²) in [7, 11) is 0. The molecule has 0 radical (unpaired) electrons. The number of ether oxygens (including phenoxy) is 1. The molecule has 1 fully saturated rings. The van der Waals surface area contributed by atoms with E-state index < -0.39 is 6.10 Å². The number of β-amino-alcohol motifs (C(OH)–C–C–N with tert-alkyl or cyclic N) is 1. The fourth-order valence-corrected chi connectivity index (χ4v) is 5.07. The molecule has 2 aliphatic heterocycles. The summed E-state index contributed by atoms with van der Waals surface area (Å²) < 4.78 is 7.91. The van der Waals surface area contributed by atoms with E-state index in [1.54, 1.807) is 6.07 Å². The van der Waals surface area contributed by atoms with Crippen LogP contribution in [0.2, 0.25) is 0 Å². The molecule has 28 heavy (non-hydrogen) atoms. The third kappa shape index (κ3) is 3.87. The molecule has 2 aliphatic rings. The standard InChI is InChI=1S/C23H30N2O3/c1-15-7-16(2)23(17(3)8-15)28-14-20(26)13-24-10-18-9-19(12-24)21-5-4-6-22(27)25(21)11-18/h4-8,18-20,26H,9-14H2,1-3H3/t18-,19+,20-/m0/s1. The van der Waals surface area contributed by atoms with Gasteiger partial charge in [0.2, 0.25) is 0 Å². The lowest BCUT2D eigenvalue weighted by molar-refractivity contribution is 0.0381. The van der Waals surface area contributed by atoms with Gasteiger partial charge in [0.05, 0.1) is 0 Å². The molecule has 1 saturated heterocycles. The molecule has 3 heterocycles. The highest BCUT2D eigenvalue weighted by molar-refractivity contribution is 5.42. The van der Waals surface area contributed by atoms with Crippen LogP contribution in [-0.4, -0.2) is 46.9 Å². The SMILES string of the molecule is Cc1cc(C)c(OC[C@@H](O)CN2C[C@@H]3C[C@H](C2)c2cccc(=O)n2C3)c(C)c1. The Morgan fingerprint density at radius 3 is 2.64 bits per heavy atom. The highest BCUT2D eigenvalue weighted by Crippen LogP contribution is 2.35. The average Bonchev–Trinajstić information content (AvgIpc) is 2.61. The topological polar surface area (TPSA) is 54.7 Å². The van der Waals surface area contributed by atoms with E-state index in [9.17, 15) is 9.90 Å². The molecule has 5 nitrogen and oxygen atoms in total. The van der Waals surface area contributed by atoms with E-state index in [-0.39, 0.29) is 5.56 Å². The number of aliphatic hydroxyl groups excluding tert-OH is 1. The summed E-state index contributed by atoms with van der Waals surface area (Å²) in [6, 6.07) is 9.81. The first-order chi connectivity index (χ1) is 13.4. The quantitative estimate of drug-likeness (QED) is 0.864. The third-order valence-electron chi connectivity index (χ3n) is 6.05. The maximum absolute atomic E-state index is 12.1. The van der Waals surface area contributed by atoms with Crippen LogP contribution in [0.15, 0.2) is 35.1 Å². The van der Waals surface area contributed by atoms with Gasteiger partial charge in [0.25, 0.3) is 5.56 Å². The Kier molecular flexibility index (Phi) is 5.30. The van der Waals surface area contributed by atoms with Gasteiger partial charge in [-0.3, -0.25) is 9.69 Å². The van der Waals surface area contributed by atoms with Crippen molar-refractivity contribution in [3.05, 3.63) is 63.1 Å². The minimum absolute atomic E-state index is 0.109. The Hall–Kier alpha value is -2.11. The van der Waals surface area contributed by atoms with Gasteiger partial charge in [-0.2, -0.15) is 0 Å².